The Bertz CT molecular complexity index is 486. The number of carbonyl (C=O) groups is 1. The highest BCUT2D eigenvalue weighted by atomic mass is 16.4. The van der Waals surface area contributed by atoms with Crippen LogP contribution >= 0.6 is 0 Å². The van der Waals surface area contributed by atoms with Crippen LogP contribution in [-0.4, -0.2) is 11.1 Å². The molecule has 1 aromatic carbocycles. The molecule has 0 heterocycles. The standard InChI is InChI=1S/C18H27NO2/c1-18(2)10-8-13(9-11-18)14-4-3-5-15(12-14)16(19)6-7-17(20)21/h3-5,12-13,16H,6-11,19H2,1-2H3,(H,20,21). The van der Waals surface area contributed by atoms with Crippen LogP contribution in [0.5, 0.6) is 0 Å². The van der Waals surface area contributed by atoms with Crippen molar-refractivity contribution < 1.29 is 9.90 Å². The van der Waals surface area contributed by atoms with Crippen LogP contribution in [0.25, 0.3) is 0 Å². The maximum Gasteiger partial charge on any atom is 0.303 e. The number of aliphatic carboxylic acids is 1. The van der Waals surface area contributed by atoms with Crippen LogP contribution in [0.15, 0.2) is 24.3 Å². The largest absolute Gasteiger partial charge is 0.481 e. The van der Waals surface area contributed by atoms with Gasteiger partial charge in [-0.2, -0.15) is 0 Å². The van der Waals surface area contributed by atoms with E-state index in [1.54, 1.807) is 0 Å². The molecular weight excluding hydrogens is 262 g/mol. The zero-order valence-corrected chi connectivity index (χ0v) is 13.1. The number of carboxylic acids is 1. The second-order valence-corrected chi connectivity index (χ2v) is 7.15. The van der Waals surface area contributed by atoms with Gasteiger partial charge in [-0.25, -0.2) is 0 Å². The first-order valence-corrected chi connectivity index (χ1v) is 7.95. The second-order valence-electron chi connectivity index (χ2n) is 7.15. The van der Waals surface area contributed by atoms with Gasteiger partial charge >= 0.3 is 5.97 Å². The Morgan fingerprint density at radius 1 is 1.38 bits per heavy atom. The first-order valence-electron chi connectivity index (χ1n) is 7.95. The maximum atomic E-state index is 10.7. The molecule has 0 saturated heterocycles. The maximum absolute atomic E-state index is 10.7. The van der Waals surface area contributed by atoms with Gasteiger partial charge in [0.1, 0.15) is 0 Å². The van der Waals surface area contributed by atoms with Crippen molar-refractivity contribution >= 4 is 5.97 Å². The van der Waals surface area contributed by atoms with E-state index in [0.717, 1.165) is 5.56 Å². The van der Waals surface area contributed by atoms with Crippen molar-refractivity contribution in [2.45, 2.75) is 64.3 Å². The van der Waals surface area contributed by atoms with Crippen LogP contribution in [0.2, 0.25) is 0 Å². The van der Waals surface area contributed by atoms with E-state index >= 15 is 0 Å². The van der Waals surface area contributed by atoms with Crippen LogP contribution in [0.3, 0.4) is 0 Å². The lowest BCUT2D eigenvalue weighted by atomic mass is 9.71. The Hall–Kier alpha value is -1.35. The minimum atomic E-state index is -0.781. The monoisotopic (exact) mass is 289 g/mol. The summed E-state index contributed by atoms with van der Waals surface area (Å²) in [5, 5.41) is 8.76. The summed E-state index contributed by atoms with van der Waals surface area (Å²) in [7, 11) is 0. The van der Waals surface area contributed by atoms with Gasteiger partial charge in [-0.1, -0.05) is 38.1 Å². The van der Waals surface area contributed by atoms with Crippen molar-refractivity contribution in [2.75, 3.05) is 0 Å². The number of rotatable bonds is 5. The molecule has 1 unspecified atom stereocenters. The predicted molar refractivity (Wildman–Crippen MR) is 85.2 cm³/mol. The molecule has 1 fully saturated rings. The topological polar surface area (TPSA) is 63.3 Å². The van der Waals surface area contributed by atoms with E-state index < -0.39 is 5.97 Å². The van der Waals surface area contributed by atoms with Crippen molar-refractivity contribution in [3.05, 3.63) is 35.4 Å². The number of hydrogen-bond donors (Lipinski definition) is 2. The van der Waals surface area contributed by atoms with Gasteiger partial charge < -0.3 is 10.8 Å². The summed E-state index contributed by atoms with van der Waals surface area (Å²) in [4.78, 5) is 10.7. The molecule has 0 radical (unpaired) electrons. The quantitative estimate of drug-likeness (QED) is 0.852. The van der Waals surface area contributed by atoms with E-state index in [0.29, 0.717) is 17.8 Å². The zero-order valence-electron chi connectivity index (χ0n) is 13.1. The zero-order chi connectivity index (χ0) is 15.5. The molecule has 1 saturated carbocycles. The summed E-state index contributed by atoms with van der Waals surface area (Å²) in [6.07, 6.45) is 5.64. The minimum absolute atomic E-state index is 0.128. The first kappa shape index (κ1) is 16.0. The number of nitrogens with two attached hydrogens (primary N) is 1. The summed E-state index contributed by atoms with van der Waals surface area (Å²) in [5.41, 5.74) is 9.04. The molecular formula is C18H27NO2. The van der Waals surface area contributed by atoms with Crippen molar-refractivity contribution in [3.63, 3.8) is 0 Å². The Kier molecular flexibility index (Phi) is 5.04. The van der Waals surface area contributed by atoms with Crippen LogP contribution in [0.4, 0.5) is 0 Å². The fourth-order valence-corrected chi connectivity index (χ4v) is 3.22. The van der Waals surface area contributed by atoms with Crippen molar-refractivity contribution in [1.82, 2.24) is 0 Å². The molecule has 21 heavy (non-hydrogen) atoms. The lowest BCUT2D eigenvalue weighted by Gasteiger charge is -2.34. The van der Waals surface area contributed by atoms with Crippen molar-refractivity contribution in [3.8, 4) is 0 Å². The highest BCUT2D eigenvalue weighted by molar-refractivity contribution is 5.66. The molecule has 1 aliphatic rings. The summed E-state index contributed by atoms with van der Waals surface area (Å²) >= 11 is 0. The van der Waals surface area contributed by atoms with Crippen LogP contribution in [0.1, 0.15) is 75.5 Å². The van der Waals surface area contributed by atoms with E-state index in [1.807, 2.05) is 6.07 Å². The number of benzene rings is 1. The second kappa shape index (κ2) is 6.61. The highest BCUT2D eigenvalue weighted by Gasteiger charge is 2.27. The molecule has 0 bridgehead atoms. The normalized spacial score (nSPS) is 20.1. The number of carboxylic acid groups (broad SMARTS) is 1. The van der Waals surface area contributed by atoms with E-state index in [2.05, 4.69) is 32.0 Å². The van der Waals surface area contributed by atoms with E-state index in [9.17, 15) is 4.79 Å². The molecule has 1 aromatic rings. The molecule has 0 aliphatic heterocycles. The fourth-order valence-electron chi connectivity index (χ4n) is 3.22. The summed E-state index contributed by atoms with van der Waals surface area (Å²) in [6.45, 7) is 4.70. The SMILES string of the molecule is CC1(C)CCC(c2cccc(C(N)CCC(=O)O)c2)CC1. The Balaban J connectivity index is 2.02. The lowest BCUT2D eigenvalue weighted by Crippen LogP contribution is -2.20. The average molecular weight is 289 g/mol. The van der Waals surface area contributed by atoms with E-state index in [-0.39, 0.29) is 12.5 Å². The summed E-state index contributed by atoms with van der Waals surface area (Å²) in [5.74, 6) is -0.152. The molecule has 3 heteroatoms. The van der Waals surface area contributed by atoms with Gasteiger partial charge in [0.15, 0.2) is 0 Å². The van der Waals surface area contributed by atoms with Gasteiger partial charge in [-0.15, -0.1) is 0 Å². The smallest absolute Gasteiger partial charge is 0.303 e. The third kappa shape index (κ3) is 4.57. The van der Waals surface area contributed by atoms with Gasteiger partial charge in [0.05, 0.1) is 0 Å². The van der Waals surface area contributed by atoms with Crippen LogP contribution < -0.4 is 5.73 Å². The molecule has 116 valence electrons. The van der Waals surface area contributed by atoms with Gasteiger partial charge in [0.25, 0.3) is 0 Å². The average Bonchev–Trinajstić information content (AvgIpc) is 2.45. The number of hydrogen-bond acceptors (Lipinski definition) is 2. The summed E-state index contributed by atoms with van der Waals surface area (Å²) in [6, 6.07) is 8.28. The molecule has 1 aliphatic carbocycles. The molecule has 0 spiro atoms. The Morgan fingerprint density at radius 3 is 2.67 bits per heavy atom. The molecule has 3 nitrogen and oxygen atoms in total. The van der Waals surface area contributed by atoms with Crippen LogP contribution in [0, 0.1) is 5.41 Å². The fraction of sp³-hybridized carbons (Fsp3) is 0.611. The van der Waals surface area contributed by atoms with Crippen LogP contribution in [-0.2, 0) is 4.79 Å². The molecule has 0 aromatic heterocycles. The highest BCUT2D eigenvalue weighted by Crippen LogP contribution is 2.42. The Morgan fingerprint density at radius 2 is 2.05 bits per heavy atom. The summed E-state index contributed by atoms with van der Waals surface area (Å²) < 4.78 is 0. The molecule has 1 atom stereocenters. The predicted octanol–water partition coefficient (Wildman–Crippen LogP) is 4.24. The Labute approximate surface area is 127 Å². The van der Waals surface area contributed by atoms with E-state index in [1.165, 1.54) is 31.2 Å². The van der Waals surface area contributed by atoms with E-state index in [4.69, 9.17) is 10.8 Å². The van der Waals surface area contributed by atoms with Crippen molar-refractivity contribution in [1.29, 1.82) is 0 Å². The third-order valence-corrected chi connectivity index (χ3v) is 4.82. The first-order chi connectivity index (χ1) is 9.87. The van der Waals surface area contributed by atoms with Gasteiger partial charge in [-0.3, -0.25) is 4.79 Å². The molecule has 2 rings (SSSR count). The van der Waals surface area contributed by atoms with Crippen molar-refractivity contribution in [2.24, 2.45) is 11.1 Å². The molecule has 0 amide bonds. The van der Waals surface area contributed by atoms with Gasteiger partial charge in [0, 0.05) is 12.5 Å². The van der Waals surface area contributed by atoms with Gasteiger partial charge in [-0.05, 0) is 54.6 Å². The lowest BCUT2D eigenvalue weighted by molar-refractivity contribution is -0.137. The molecule has 3 N–H and O–H groups in total. The van der Waals surface area contributed by atoms with Gasteiger partial charge in [0.2, 0.25) is 0 Å². The minimum Gasteiger partial charge on any atom is -0.481 e. The third-order valence-electron chi connectivity index (χ3n) is 4.82.